The molecule has 1 aliphatic heterocycles. The van der Waals surface area contributed by atoms with E-state index in [1.54, 1.807) is 36.4 Å². The Morgan fingerprint density at radius 2 is 0.773 bits per heavy atom. The molecule has 3 aromatic carbocycles. The van der Waals surface area contributed by atoms with Crippen LogP contribution in [0.5, 0.6) is 23.0 Å². The minimum absolute atomic E-state index is 0.00676. The Morgan fingerprint density at radius 3 is 1.14 bits per heavy atom. The zero-order valence-electron chi connectivity index (χ0n) is 39.6. The average molecular weight is 917 g/mol. The van der Waals surface area contributed by atoms with E-state index in [9.17, 15) is 28.8 Å². The van der Waals surface area contributed by atoms with Crippen LogP contribution in [0.4, 0.5) is 0 Å². The van der Waals surface area contributed by atoms with Gasteiger partial charge in [0, 0.05) is 45.8 Å². The molecule has 18 nitrogen and oxygen atoms in total. The van der Waals surface area contributed by atoms with Crippen molar-refractivity contribution in [3.05, 3.63) is 82.4 Å². The van der Waals surface area contributed by atoms with Gasteiger partial charge in [0.15, 0.2) is 23.0 Å². The molecule has 1 aliphatic rings. The summed E-state index contributed by atoms with van der Waals surface area (Å²) in [5.74, 6) is -1.50. The zero-order valence-corrected chi connectivity index (χ0v) is 39.6. The molecule has 360 valence electrons. The Morgan fingerprint density at radius 1 is 0.424 bits per heavy atom. The van der Waals surface area contributed by atoms with Crippen molar-refractivity contribution in [3.63, 3.8) is 0 Å². The summed E-state index contributed by atoms with van der Waals surface area (Å²) in [4.78, 5) is 95.0. The van der Waals surface area contributed by atoms with Gasteiger partial charge >= 0.3 is 0 Å². The number of amides is 6. The van der Waals surface area contributed by atoms with Gasteiger partial charge in [-0.1, -0.05) is 43.7 Å². The van der Waals surface area contributed by atoms with Gasteiger partial charge in [-0.3, -0.25) is 28.8 Å². The lowest BCUT2D eigenvalue weighted by Crippen LogP contribution is -2.53. The molecule has 18 heteroatoms. The molecule has 0 unspecified atom stereocenters. The highest BCUT2D eigenvalue weighted by Gasteiger charge is 2.32. The minimum Gasteiger partial charge on any atom is -0.493 e. The minimum atomic E-state index is -0.566. The fourth-order valence-electron chi connectivity index (χ4n) is 7.46. The smallest absolute Gasteiger partial charge is 0.242 e. The van der Waals surface area contributed by atoms with Crippen LogP contribution < -0.4 is 30.4 Å². The first-order chi connectivity index (χ1) is 31.7. The highest BCUT2D eigenvalue weighted by Crippen LogP contribution is 2.29. The van der Waals surface area contributed by atoms with Crippen molar-refractivity contribution >= 4 is 35.4 Å². The van der Waals surface area contributed by atoms with E-state index < -0.39 is 74.7 Å². The van der Waals surface area contributed by atoms with Crippen LogP contribution in [0.1, 0.15) is 54.0 Å². The van der Waals surface area contributed by atoms with Gasteiger partial charge in [0.1, 0.15) is 19.6 Å². The summed E-state index contributed by atoms with van der Waals surface area (Å²) >= 11 is 0. The molecular formula is C48H68N8O10. The van der Waals surface area contributed by atoms with Gasteiger partial charge in [-0.2, -0.15) is 0 Å². The van der Waals surface area contributed by atoms with Crippen LogP contribution >= 0.6 is 0 Å². The van der Waals surface area contributed by atoms with E-state index in [-0.39, 0.29) is 52.4 Å². The number of carbonyl (C=O) groups excluding carboxylic acids is 6. The maximum absolute atomic E-state index is 14.6. The number of unbranched alkanes of at least 4 members (excludes halogenated alkanes) is 1. The van der Waals surface area contributed by atoms with Gasteiger partial charge < -0.3 is 59.8 Å². The van der Waals surface area contributed by atoms with Gasteiger partial charge in [0.2, 0.25) is 35.4 Å². The predicted molar refractivity (Wildman–Crippen MR) is 249 cm³/mol. The third-order valence-corrected chi connectivity index (χ3v) is 11.5. The van der Waals surface area contributed by atoms with Crippen molar-refractivity contribution in [1.82, 2.24) is 29.4 Å². The summed E-state index contributed by atoms with van der Waals surface area (Å²) < 4.78 is 21.9. The van der Waals surface area contributed by atoms with Crippen LogP contribution in [0.3, 0.4) is 0 Å². The van der Waals surface area contributed by atoms with E-state index >= 15 is 0 Å². The van der Waals surface area contributed by atoms with Gasteiger partial charge in [-0.15, -0.1) is 0 Å². The summed E-state index contributed by atoms with van der Waals surface area (Å²) in [6.07, 6.45) is 1.59. The third-order valence-electron chi connectivity index (χ3n) is 11.5. The van der Waals surface area contributed by atoms with E-state index in [1.807, 2.05) is 39.0 Å². The molecule has 0 radical (unpaired) electrons. The molecule has 0 spiro atoms. The molecule has 66 heavy (non-hydrogen) atoms. The van der Waals surface area contributed by atoms with E-state index in [0.29, 0.717) is 53.4 Å². The number of hydrogen-bond donors (Lipinski definition) is 2. The topological polar surface area (TPSA) is 211 Å². The third kappa shape index (κ3) is 14.8. The highest BCUT2D eigenvalue weighted by atomic mass is 16.5. The molecule has 0 aliphatic carbocycles. The van der Waals surface area contributed by atoms with Crippen molar-refractivity contribution in [2.45, 2.75) is 59.7 Å². The summed E-state index contributed by atoms with van der Waals surface area (Å²) in [7, 11) is 5.98. The summed E-state index contributed by atoms with van der Waals surface area (Å²) in [6, 6.07) is 16.0. The van der Waals surface area contributed by atoms with Crippen LogP contribution in [-0.2, 0) is 48.4 Å². The van der Waals surface area contributed by atoms with Gasteiger partial charge in [-0.05, 0) is 85.3 Å². The fourth-order valence-corrected chi connectivity index (χ4v) is 7.46. The van der Waals surface area contributed by atoms with Crippen molar-refractivity contribution in [1.29, 1.82) is 0 Å². The molecule has 1 heterocycles. The highest BCUT2D eigenvalue weighted by molar-refractivity contribution is 5.94. The van der Waals surface area contributed by atoms with Crippen molar-refractivity contribution in [2.75, 3.05) is 100 Å². The molecule has 4 rings (SSSR count). The van der Waals surface area contributed by atoms with Gasteiger partial charge in [0.25, 0.3) is 0 Å². The van der Waals surface area contributed by atoms with Crippen LogP contribution in [0.15, 0.2) is 54.6 Å². The number of ether oxygens (including phenoxy) is 4. The molecule has 0 bridgehead atoms. The number of rotatable bonds is 18. The second-order valence-corrected chi connectivity index (χ2v) is 16.3. The summed E-state index contributed by atoms with van der Waals surface area (Å²) in [5, 5.41) is 0. The number of benzene rings is 3. The lowest BCUT2D eigenvalue weighted by molar-refractivity contribution is -0.150. The molecule has 1 saturated heterocycles. The number of nitrogens with two attached hydrogens (primary N) is 2. The Balaban J connectivity index is 1.86. The second-order valence-electron chi connectivity index (χ2n) is 16.3. The van der Waals surface area contributed by atoms with E-state index in [1.165, 1.54) is 57.8 Å². The fraction of sp³-hybridized carbons (Fsp3) is 0.500. The SMILES string of the molecule is CCCCN1CC(=O)N(Cc2ccc(OC)c(OC)c2)CC(=O)N(CCCN)CC(=O)N(Cc2ccc(C)c(C)c2)CC(=O)N(CCN)CC(=O)N(Cc2ccc(OC)c(OC)c2)CC1=O. The lowest BCUT2D eigenvalue weighted by Gasteiger charge is -2.34. The van der Waals surface area contributed by atoms with Crippen molar-refractivity contribution < 1.29 is 47.7 Å². The normalized spacial score (nSPS) is 15.3. The van der Waals surface area contributed by atoms with E-state index in [0.717, 1.165) is 16.7 Å². The van der Waals surface area contributed by atoms with Crippen molar-refractivity contribution in [3.8, 4) is 23.0 Å². The van der Waals surface area contributed by atoms with Gasteiger partial charge in [0.05, 0.1) is 48.1 Å². The van der Waals surface area contributed by atoms with Gasteiger partial charge in [-0.25, -0.2) is 0 Å². The molecule has 6 amide bonds. The molecule has 0 saturated carbocycles. The standard InChI is InChI=1S/C48H68N8O10/c1-8-9-19-51-28-46(60)55(26-37-13-15-39(63-4)41(23-37)65-6)32-44(58)52(20-10-17-49)29-47(61)54(25-36-12-11-34(2)35(3)22-36)33-45(59)53(21-18-50)30-48(62)56(31-43(51)57)27-38-14-16-40(64-5)42(24-38)66-7/h11-16,22-24H,8-10,17-21,25-33,49-50H2,1-7H3. The Labute approximate surface area is 388 Å². The zero-order chi connectivity index (χ0) is 48.3. The van der Waals surface area contributed by atoms with E-state index in [4.69, 9.17) is 30.4 Å². The first-order valence-corrected chi connectivity index (χ1v) is 22.2. The monoisotopic (exact) mass is 917 g/mol. The van der Waals surface area contributed by atoms with Crippen LogP contribution in [-0.4, -0.2) is 165 Å². The molecule has 0 atom stereocenters. The predicted octanol–water partition coefficient (Wildman–Crippen LogP) is 2.33. The number of aryl methyl sites for hydroxylation is 2. The second kappa shape index (κ2) is 25.9. The average Bonchev–Trinajstić information content (AvgIpc) is 3.31. The van der Waals surface area contributed by atoms with Crippen molar-refractivity contribution in [2.24, 2.45) is 11.5 Å². The molecular weight excluding hydrogens is 849 g/mol. The Bertz CT molecular complexity index is 2150. The van der Waals surface area contributed by atoms with Crippen LogP contribution in [0.2, 0.25) is 0 Å². The quantitative estimate of drug-likeness (QED) is 0.189. The first kappa shape index (κ1) is 52.2. The van der Waals surface area contributed by atoms with E-state index in [2.05, 4.69) is 0 Å². The number of methoxy groups -OCH3 is 4. The molecule has 0 aromatic heterocycles. The molecule has 1 fully saturated rings. The lowest BCUT2D eigenvalue weighted by atomic mass is 10.1. The molecule has 3 aromatic rings. The summed E-state index contributed by atoms with van der Waals surface area (Å²) in [5.41, 5.74) is 15.9. The number of nitrogens with zero attached hydrogens (tertiary/aromatic N) is 6. The Hall–Kier alpha value is -6.40. The number of carbonyl (C=O) groups is 6. The Kier molecular flexibility index (Phi) is 20.5. The largest absolute Gasteiger partial charge is 0.493 e. The molecule has 4 N–H and O–H groups in total. The maximum atomic E-state index is 14.6. The number of hydrogen-bond acceptors (Lipinski definition) is 12. The maximum Gasteiger partial charge on any atom is 0.242 e. The van der Waals surface area contributed by atoms with Crippen LogP contribution in [0.25, 0.3) is 0 Å². The first-order valence-electron chi connectivity index (χ1n) is 22.2. The van der Waals surface area contributed by atoms with Crippen LogP contribution in [0, 0.1) is 13.8 Å². The summed E-state index contributed by atoms with van der Waals surface area (Å²) in [6.45, 7) is 3.59.